The van der Waals surface area contributed by atoms with Gasteiger partial charge >= 0.3 is 5.97 Å². The van der Waals surface area contributed by atoms with Gasteiger partial charge < -0.3 is 10.1 Å². The molecule has 1 rings (SSSR count). The van der Waals surface area contributed by atoms with Gasteiger partial charge in [-0.15, -0.1) is 0 Å². The van der Waals surface area contributed by atoms with Crippen molar-refractivity contribution in [2.24, 2.45) is 11.8 Å². The number of ether oxygens (including phenoxy) is 1. The number of hydrogen-bond donors (Lipinski definition) is 1. The van der Waals surface area contributed by atoms with Crippen molar-refractivity contribution in [3.05, 3.63) is 0 Å². The average molecular weight is 255 g/mol. The molecule has 0 aromatic heterocycles. The standard InChI is InChI=1S/C14H25NO3/c1-4-10(2)11-5-7-12(8-6-11)15-13(16)9-14(17)18-3/h10-12H,4-9H2,1-3H3,(H,15,16). The predicted octanol–water partition coefficient (Wildman–Crippen LogP) is 2.27. The highest BCUT2D eigenvalue weighted by Crippen LogP contribution is 2.31. The number of carbonyl (C=O) groups is 2. The van der Waals surface area contributed by atoms with Crippen LogP contribution >= 0.6 is 0 Å². The second kappa shape index (κ2) is 7.39. The van der Waals surface area contributed by atoms with E-state index in [-0.39, 0.29) is 18.4 Å². The highest BCUT2D eigenvalue weighted by atomic mass is 16.5. The Kier molecular flexibility index (Phi) is 6.16. The van der Waals surface area contributed by atoms with Crippen LogP contribution in [0.4, 0.5) is 0 Å². The molecule has 4 heteroatoms. The number of methoxy groups -OCH3 is 1. The summed E-state index contributed by atoms with van der Waals surface area (Å²) in [6.45, 7) is 4.54. The third kappa shape index (κ3) is 4.67. The Labute approximate surface area is 109 Å². The summed E-state index contributed by atoms with van der Waals surface area (Å²) in [6, 6.07) is 0.238. The molecule has 104 valence electrons. The molecule has 1 N–H and O–H groups in total. The van der Waals surface area contributed by atoms with Crippen LogP contribution in [-0.2, 0) is 14.3 Å². The van der Waals surface area contributed by atoms with Crippen molar-refractivity contribution < 1.29 is 14.3 Å². The van der Waals surface area contributed by atoms with Gasteiger partial charge in [-0.2, -0.15) is 0 Å². The summed E-state index contributed by atoms with van der Waals surface area (Å²) in [4.78, 5) is 22.5. The smallest absolute Gasteiger partial charge is 0.315 e. The lowest BCUT2D eigenvalue weighted by molar-refractivity contribution is -0.144. The Morgan fingerprint density at radius 2 is 1.89 bits per heavy atom. The summed E-state index contributed by atoms with van der Waals surface area (Å²) in [6.07, 6.45) is 5.48. The molecule has 0 aromatic rings. The maximum absolute atomic E-state index is 11.5. The summed E-state index contributed by atoms with van der Waals surface area (Å²) >= 11 is 0. The third-order valence-electron chi connectivity index (χ3n) is 4.12. The van der Waals surface area contributed by atoms with Crippen molar-refractivity contribution in [2.75, 3.05) is 7.11 Å². The summed E-state index contributed by atoms with van der Waals surface area (Å²) in [7, 11) is 1.30. The van der Waals surface area contributed by atoms with Crippen molar-refractivity contribution in [1.29, 1.82) is 0 Å². The van der Waals surface area contributed by atoms with Gasteiger partial charge in [-0.05, 0) is 37.5 Å². The lowest BCUT2D eigenvalue weighted by Crippen LogP contribution is -2.39. The second-order valence-corrected chi connectivity index (χ2v) is 5.32. The quantitative estimate of drug-likeness (QED) is 0.605. The first-order valence-electron chi connectivity index (χ1n) is 6.93. The molecule has 0 saturated heterocycles. The molecule has 4 nitrogen and oxygen atoms in total. The summed E-state index contributed by atoms with van der Waals surface area (Å²) in [5.74, 6) is 0.884. The van der Waals surface area contributed by atoms with Gasteiger partial charge in [0.05, 0.1) is 7.11 Å². The minimum absolute atomic E-state index is 0.165. The number of hydrogen-bond acceptors (Lipinski definition) is 3. The van der Waals surface area contributed by atoms with Gasteiger partial charge in [-0.1, -0.05) is 20.3 Å². The monoisotopic (exact) mass is 255 g/mol. The van der Waals surface area contributed by atoms with Crippen LogP contribution in [0.25, 0.3) is 0 Å². The second-order valence-electron chi connectivity index (χ2n) is 5.32. The Morgan fingerprint density at radius 1 is 1.28 bits per heavy atom. The molecular formula is C14H25NO3. The highest BCUT2D eigenvalue weighted by Gasteiger charge is 2.25. The van der Waals surface area contributed by atoms with E-state index in [4.69, 9.17) is 0 Å². The molecule has 1 aliphatic rings. The average Bonchev–Trinajstić information content (AvgIpc) is 2.38. The zero-order chi connectivity index (χ0) is 13.5. The molecule has 1 atom stereocenters. The normalized spacial score (nSPS) is 25.3. The van der Waals surface area contributed by atoms with E-state index in [1.54, 1.807) is 0 Å². The molecule has 0 spiro atoms. The van der Waals surface area contributed by atoms with Gasteiger partial charge in [0.15, 0.2) is 0 Å². The maximum Gasteiger partial charge on any atom is 0.315 e. The van der Waals surface area contributed by atoms with Gasteiger partial charge in [0.2, 0.25) is 5.91 Å². The van der Waals surface area contributed by atoms with Crippen molar-refractivity contribution in [3.8, 4) is 0 Å². The molecule has 0 aliphatic heterocycles. The van der Waals surface area contributed by atoms with Gasteiger partial charge in [0.25, 0.3) is 0 Å². The van der Waals surface area contributed by atoms with Crippen molar-refractivity contribution in [3.63, 3.8) is 0 Å². The predicted molar refractivity (Wildman–Crippen MR) is 70.0 cm³/mol. The van der Waals surface area contributed by atoms with Crippen LogP contribution in [0.2, 0.25) is 0 Å². The van der Waals surface area contributed by atoms with Crippen LogP contribution in [0.15, 0.2) is 0 Å². The molecule has 1 aliphatic carbocycles. The summed E-state index contributed by atoms with van der Waals surface area (Å²) < 4.78 is 4.47. The molecule has 0 radical (unpaired) electrons. The van der Waals surface area contributed by atoms with Gasteiger partial charge in [0, 0.05) is 6.04 Å². The van der Waals surface area contributed by atoms with Crippen molar-refractivity contribution >= 4 is 11.9 Å². The van der Waals surface area contributed by atoms with E-state index in [0.717, 1.165) is 24.7 Å². The van der Waals surface area contributed by atoms with Crippen LogP contribution in [0.5, 0.6) is 0 Å². The number of carbonyl (C=O) groups excluding carboxylic acids is 2. The first-order valence-corrected chi connectivity index (χ1v) is 6.93. The topological polar surface area (TPSA) is 55.4 Å². The van der Waals surface area contributed by atoms with E-state index >= 15 is 0 Å². The molecule has 18 heavy (non-hydrogen) atoms. The fourth-order valence-corrected chi connectivity index (χ4v) is 2.65. The lowest BCUT2D eigenvalue weighted by Gasteiger charge is -2.32. The number of amides is 1. The first-order chi connectivity index (χ1) is 8.56. The fourth-order valence-electron chi connectivity index (χ4n) is 2.65. The lowest BCUT2D eigenvalue weighted by atomic mass is 9.78. The van der Waals surface area contributed by atoms with Crippen LogP contribution in [0.1, 0.15) is 52.4 Å². The minimum atomic E-state index is -0.471. The molecule has 0 heterocycles. The summed E-state index contributed by atoms with van der Waals surface area (Å²) in [5.41, 5.74) is 0. The molecule has 0 aromatic carbocycles. The fraction of sp³-hybridized carbons (Fsp3) is 0.857. The third-order valence-corrected chi connectivity index (χ3v) is 4.12. The van der Waals surface area contributed by atoms with Crippen LogP contribution in [-0.4, -0.2) is 25.0 Å². The largest absolute Gasteiger partial charge is 0.469 e. The zero-order valence-electron chi connectivity index (χ0n) is 11.7. The molecule has 1 amide bonds. The van der Waals surface area contributed by atoms with Gasteiger partial charge in [-0.3, -0.25) is 9.59 Å². The number of esters is 1. The van der Waals surface area contributed by atoms with E-state index < -0.39 is 5.97 Å². The number of rotatable bonds is 5. The van der Waals surface area contributed by atoms with E-state index in [1.165, 1.54) is 26.4 Å². The highest BCUT2D eigenvalue weighted by molar-refractivity contribution is 5.94. The molecule has 1 fully saturated rings. The summed E-state index contributed by atoms with van der Waals surface area (Å²) in [5, 5.41) is 2.92. The SMILES string of the molecule is CCC(C)C1CCC(NC(=O)CC(=O)OC)CC1. The Bertz CT molecular complexity index is 283. The Balaban J connectivity index is 2.27. The van der Waals surface area contributed by atoms with Crippen LogP contribution in [0.3, 0.4) is 0 Å². The maximum atomic E-state index is 11.5. The Morgan fingerprint density at radius 3 is 2.39 bits per heavy atom. The van der Waals surface area contributed by atoms with Crippen molar-refractivity contribution in [2.45, 2.75) is 58.4 Å². The molecule has 0 bridgehead atoms. The molecule has 1 saturated carbocycles. The minimum Gasteiger partial charge on any atom is -0.469 e. The van der Waals surface area contributed by atoms with Crippen molar-refractivity contribution in [1.82, 2.24) is 5.32 Å². The Hall–Kier alpha value is -1.06. The van der Waals surface area contributed by atoms with Crippen LogP contribution < -0.4 is 5.32 Å². The molecule has 1 unspecified atom stereocenters. The van der Waals surface area contributed by atoms with E-state index in [1.807, 2.05) is 0 Å². The van der Waals surface area contributed by atoms with Gasteiger partial charge in [0.1, 0.15) is 6.42 Å². The zero-order valence-corrected chi connectivity index (χ0v) is 11.7. The molecular weight excluding hydrogens is 230 g/mol. The van der Waals surface area contributed by atoms with E-state index in [2.05, 4.69) is 23.9 Å². The van der Waals surface area contributed by atoms with E-state index in [9.17, 15) is 9.59 Å². The van der Waals surface area contributed by atoms with Gasteiger partial charge in [-0.25, -0.2) is 0 Å². The van der Waals surface area contributed by atoms with E-state index in [0.29, 0.717) is 0 Å². The first kappa shape index (κ1) is 15.0. The number of nitrogens with one attached hydrogen (secondary N) is 1. The van der Waals surface area contributed by atoms with Crippen LogP contribution in [0, 0.1) is 11.8 Å².